The molecule has 7 nitrogen and oxygen atoms in total. The molecule has 154 valence electrons. The molecule has 0 aliphatic carbocycles. The summed E-state index contributed by atoms with van der Waals surface area (Å²) < 4.78 is 53.8. The van der Waals surface area contributed by atoms with Crippen molar-refractivity contribution in [3.63, 3.8) is 0 Å². The van der Waals surface area contributed by atoms with Gasteiger partial charge in [-0.25, -0.2) is 17.2 Å². The Morgan fingerprint density at radius 1 is 1.14 bits per heavy atom. The summed E-state index contributed by atoms with van der Waals surface area (Å²) in [6.07, 6.45) is 0.126. The zero-order chi connectivity index (χ0) is 20.6. The Hall–Kier alpha value is -2.07. The Bertz CT molecular complexity index is 891. The van der Waals surface area contributed by atoms with E-state index in [-0.39, 0.29) is 50.3 Å². The average molecular weight is 415 g/mol. The van der Waals surface area contributed by atoms with Crippen molar-refractivity contribution in [3.8, 4) is 0 Å². The van der Waals surface area contributed by atoms with Gasteiger partial charge in [0.05, 0.1) is 6.54 Å². The molecule has 2 aliphatic heterocycles. The van der Waals surface area contributed by atoms with Crippen LogP contribution in [0.5, 0.6) is 0 Å². The number of rotatable bonds is 4. The van der Waals surface area contributed by atoms with E-state index >= 15 is 0 Å². The van der Waals surface area contributed by atoms with E-state index in [9.17, 15) is 26.8 Å². The topological polar surface area (TPSA) is 78.0 Å². The highest BCUT2D eigenvalue weighted by atomic mass is 32.2. The minimum Gasteiger partial charge on any atom is -0.331 e. The van der Waals surface area contributed by atoms with Gasteiger partial charge in [-0.15, -0.1) is 0 Å². The van der Waals surface area contributed by atoms with Crippen molar-refractivity contribution in [3.05, 3.63) is 29.8 Å². The van der Waals surface area contributed by atoms with Crippen LogP contribution in [0.2, 0.25) is 0 Å². The predicted octanol–water partition coefficient (Wildman–Crippen LogP) is 1.05. The van der Waals surface area contributed by atoms with E-state index < -0.39 is 32.6 Å². The summed E-state index contributed by atoms with van der Waals surface area (Å²) in [6.45, 7) is 4.29. The van der Waals surface area contributed by atoms with Crippen molar-refractivity contribution in [2.75, 3.05) is 32.7 Å². The summed E-state index contributed by atoms with van der Waals surface area (Å²) in [5.41, 5.74) is 0. The first kappa shape index (κ1) is 20.7. The van der Waals surface area contributed by atoms with Gasteiger partial charge >= 0.3 is 0 Å². The summed E-state index contributed by atoms with van der Waals surface area (Å²) in [6, 6.07) is 1.57. The molecule has 0 saturated carbocycles. The summed E-state index contributed by atoms with van der Waals surface area (Å²) >= 11 is 0. The first-order chi connectivity index (χ1) is 13.1. The van der Waals surface area contributed by atoms with E-state index in [2.05, 4.69) is 0 Å². The summed E-state index contributed by atoms with van der Waals surface area (Å²) in [4.78, 5) is 27.6. The van der Waals surface area contributed by atoms with E-state index in [1.54, 1.807) is 0 Å². The fourth-order valence-electron chi connectivity index (χ4n) is 3.67. The Morgan fingerprint density at radius 2 is 1.86 bits per heavy atom. The molecule has 10 heteroatoms. The first-order valence-electron chi connectivity index (χ1n) is 9.14. The molecule has 1 aromatic carbocycles. The second-order valence-electron chi connectivity index (χ2n) is 7.48. The van der Waals surface area contributed by atoms with Gasteiger partial charge in [-0.3, -0.25) is 9.59 Å². The third kappa shape index (κ3) is 3.88. The number of sulfonamides is 1. The second kappa shape index (κ2) is 7.75. The van der Waals surface area contributed by atoms with Crippen LogP contribution in [-0.2, 0) is 19.6 Å². The lowest BCUT2D eigenvalue weighted by Crippen LogP contribution is -2.60. The number of fused-ring (bicyclic) bond motifs is 1. The van der Waals surface area contributed by atoms with Crippen molar-refractivity contribution in [2.45, 2.75) is 31.2 Å². The van der Waals surface area contributed by atoms with E-state index in [0.29, 0.717) is 12.6 Å². The molecule has 1 unspecified atom stereocenters. The normalized spacial score (nSPS) is 21.8. The number of hydrogen-bond acceptors (Lipinski definition) is 4. The maximum absolute atomic E-state index is 14.0. The largest absolute Gasteiger partial charge is 0.331 e. The molecule has 2 fully saturated rings. The molecule has 1 atom stereocenters. The SMILES string of the molecule is CC(C)CN1CC(=O)N2CCN(S(=O)(=O)c3ccc(F)cc3F)CCC2C1=O. The number of nitrogens with zero attached hydrogens (tertiary/aromatic N) is 3. The van der Waals surface area contributed by atoms with Gasteiger partial charge < -0.3 is 9.80 Å². The highest BCUT2D eigenvalue weighted by molar-refractivity contribution is 7.89. The zero-order valence-electron chi connectivity index (χ0n) is 15.8. The molecular weight excluding hydrogens is 392 g/mol. The predicted molar refractivity (Wildman–Crippen MR) is 96.7 cm³/mol. The van der Waals surface area contributed by atoms with Gasteiger partial charge in [0.1, 0.15) is 22.6 Å². The maximum Gasteiger partial charge on any atom is 0.246 e. The number of hydrogen-bond donors (Lipinski definition) is 0. The summed E-state index contributed by atoms with van der Waals surface area (Å²) in [7, 11) is -4.21. The number of halogens is 2. The molecule has 3 rings (SSSR count). The Kier molecular flexibility index (Phi) is 5.72. The number of carbonyl (C=O) groups is 2. The monoisotopic (exact) mass is 415 g/mol. The molecule has 0 radical (unpaired) electrons. The molecule has 2 amide bonds. The van der Waals surface area contributed by atoms with Gasteiger partial charge in [-0.2, -0.15) is 4.31 Å². The van der Waals surface area contributed by atoms with E-state index in [1.165, 1.54) is 9.80 Å². The van der Waals surface area contributed by atoms with Crippen LogP contribution in [0.1, 0.15) is 20.3 Å². The van der Waals surface area contributed by atoms with Gasteiger partial charge in [-0.05, 0) is 24.5 Å². The minimum atomic E-state index is -4.21. The first-order valence-corrected chi connectivity index (χ1v) is 10.6. The standard InChI is InChI=1S/C18H23F2N3O4S/c1-12(2)10-21-11-17(24)23-8-7-22(6-5-15(23)18(21)25)28(26,27)16-4-3-13(19)9-14(16)20/h3-4,9,12,15H,5-8,10-11H2,1-2H3. The Balaban J connectivity index is 1.82. The van der Waals surface area contributed by atoms with Crippen molar-refractivity contribution < 1.29 is 26.8 Å². The highest BCUT2D eigenvalue weighted by Gasteiger charge is 2.42. The molecule has 1 aromatic rings. The van der Waals surface area contributed by atoms with Crippen molar-refractivity contribution in [1.82, 2.24) is 14.1 Å². The van der Waals surface area contributed by atoms with Gasteiger partial charge in [-0.1, -0.05) is 13.8 Å². The van der Waals surface area contributed by atoms with Crippen LogP contribution in [0.25, 0.3) is 0 Å². The third-order valence-corrected chi connectivity index (χ3v) is 6.89. The van der Waals surface area contributed by atoms with Crippen LogP contribution in [-0.4, -0.2) is 73.1 Å². The molecule has 28 heavy (non-hydrogen) atoms. The molecular formula is C18H23F2N3O4S. The number of amides is 2. The fraction of sp³-hybridized carbons (Fsp3) is 0.556. The van der Waals surface area contributed by atoms with Crippen molar-refractivity contribution in [2.24, 2.45) is 5.92 Å². The van der Waals surface area contributed by atoms with E-state index in [1.807, 2.05) is 13.8 Å². The molecule has 0 aromatic heterocycles. The lowest BCUT2D eigenvalue weighted by atomic mass is 10.1. The van der Waals surface area contributed by atoms with Crippen LogP contribution >= 0.6 is 0 Å². The Morgan fingerprint density at radius 3 is 2.50 bits per heavy atom. The third-order valence-electron chi connectivity index (χ3n) is 4.96. The maximum atomic E-state index is 14.0. The summed E-state index contributed by atoms with van der Waals surface area (Å²) in [5, 5.41) is 0. The van der Waals surface area contributed by atoms with Crippen LogP contribution < -0.4 is 0 Å². The van der Waals surface area contributed by atoms with Crippen LogP contribution in [0.4, 0.5) is 8.78 Å². The number of carbonyl (C=O) groups excluding carboxylic acids is 2. The number of piperazine rings is 1. The lowest BCUT2D eigenvalue weighted by molar-refractivity contribution is -0.156. The minimum absolute atomic E-state index is 0.0210. The van der Waals surface area contributed by atoms with Gasteiger partial charge in [0.15, 0.2) is 0 Å². The number of benzene rings is 1. The molecule has 2 saturated heterocycles. The van der Waals surface area contributed by atoms with E-state index in [4.69, 9.17) is 0 Å². The van der Waals surface area contributed by atoms with Crippen LogP contribution in [0, 0.1) is 17.6 Å². The van der Waals surface area contributed by atoms with Gasteiger partial charge in [0.2, 0.25) is 21.8 Å². The van der Waals surface area contributed by atoms with Crippen molar-refractivity contribution >= 4 is 21.8 Å². The highest BCUT2D eigenvalue weighted by Crippen LogP contribution is 2.25. The average Bonchev–Trinajstić information content (AvgIpc) is 2.82. The van der Waals surface area contributed by atoms with Gasteiger partial charge in [0.25, 0.3) is 0 Å². The second-order valence-corrected chi connectivity index (χ2v) is 9.39. The molecule has 2 heterocycles. The van der Waals surface area contributed by atoms with Crippen molar-refractivity contribution in [1.29, 1.82) is 0 Å². The van der Waals surface area contributed by atoms with Gasteiger partial charge in [0, 0.05) is 32.2 Å². The zero-order valence-corrected chi connectivity index (χ0v) is 16.6. The molecule has 2 aliphatic rings. The van der Waals surface area contributed by atoms with Crippen LogP contribution in [0.3, 0.4) is 0 Å². The molecule has 0 spiro atoms. The fourth-order valence-corrected chi connectivity index (χ4v) is 5.16. The lowest BCUT2D eigenvalue weighted by Gasteiger charge is -2.39. The Labute approximate surface area is 162 Å². The van der Waals surface area contributed by atoms with Crippen LogP contribution in [0.15, 0.2) is 23.1 Å². The quantitative estimate of drug-likeness (QED) is 0.737. The van der Waals surface area contributed by atoms with E-state index in [0.717, 1.165) is 16.4 Å². The molecule has 0 bridgehead atoms. The molecule has 0 N–H and O–H groups in total. The smallest absolute Gasteiger partial charge is 0.246 e. The summed E-state index contributed by atoms with van der Waals surface area (Å²) in [5.74, 6) is -2.26.